The highest BCUT2D eigenvalue weighted by Crippen LogP contribution is 2.53. The van der Waals surface area contributed by atoms with Gasteiger partial charge in [0.05, 0.1) is 11.1 Å². The number of nitrogens with zero attached hydrogens (tertiary/aromatic N) is 3. The lowest BCUT2D eigenvalue weighted by Crippen LogP contribution is -2.49. The van der Waals surface area contributed by atoms with Crippen molar-refractivity contribution in [3.63, 3.8) is 0 Å². The van der Waals surface area contributed by atoms with Crippen LogP contribution in [-0.4, -0.2) is 48.8 Å². The van der Waals surface area contributed by atoms with Gasteiger partial charge in [-0.2, -0.15) is 5.26 Å². The summed E-state index contributed by atoms with van der Waals surface area (Å²) in [4.78, 5) is 26.9. The van der Waals surface area contributed by atoms with E-state index in [-0.39, 0.29) is 25.6 Å². The zero-order valence-corrected chi connectivity index (χ0v) is 13.8. The van der Waals surface area contributed by atoms with Crippen molar-refractivity contribution in [3.05, 3.63) is 22.7 Å². The number of rotatable bonds is 2. The molecule has 126 valence electrons. The number of hydrogen-bond donors (Lipinski definition) is 1. The second-order valence-corrected chi connectivity index (χ2v) is 6.34. The van der Waals surface area contributed by atoms with Crippen molar-refractivity contribution in [2.75, 3.05) is 31.6 Å². The number of carboxylic acid groups (broad SMARTS) is 1. The van der Waals surface area contributed by atoms with Gasteiger partial charge in [0.15, 0.2) is 6.61 Å². The molecule has 1 saturated heterocycles. The van der Waals surface area contributed by atoms with E-state index in [1.807, 2.05) is 6.07 Å². The van der Waals surface area contributed by atoms with Crippen LogP contribution in [0.2, 0.25) is 5.02 Å². The van der Waals surface area contributed by atoms with Gasteiger partial charge in [-0.3, -0.25) is 4.79 Å². The van der Waals surface area contributed by atoms with Gasteiger partial charge in [-0.05, 0) is 25.0 Å². The van der Waals surface area contributed by atoms with E-state index in [9.17, 15) is 9.59 Å². The Morgan fingerprint density at radius 2 is 2.12 bits per heavy atom. The van der Waals surface area contributed by atoms with Gasteiger partial charge in [-0.1, -0.05) is 11.6 Å². The molecule has 3 rings (SSSR count). The summed E-state index contributed by atoms with van der Waals surface area (Å²) in [6, 6.07) is 5.21. The van der Waals surface area contributed by atoms with Gasteiger partial charge in [0, 0.05) is 30.7 Å². The maximum absolute atomic E-state index is 13.0. The minimum absolute atomic E-state index is 0.113. The number of nitriles is 1. The van der Waals surface area contributed by atoms with Crippen LogP contribution in [0.1, 0.15) is 18.4 Å². The summed E-state index contributed by atoms with van der Waals surface area (Å²) in [7, 11) is 1.65. The molecular weight excluding hydrogens is 334 g/mol. The summed E-state index contributed by atoms with van der Waals surface area (Å²) in [6.07, 6.45) is -0.241. The first-order valence-electron chi connectivity index (χ1n) is 7.51. The Morgan fingerprint density at radius 3 is 2.71 bits per heavy atom. The maximum Gasteiger partial charge on any atom is 0.407 e. The second kappa shape index (κ2) is 5.87. The molecule has 0 saturated carbocycles. The van der Waals surface area contributed by atoms with E-state index < -0.39 is 11.5 Å². The highest BCUT2D eigenvalue weighted by Gasteiger charge is 2.53. The van der Waals surface area contributed by atoms with E-state index in [2.05, 4.69) is 0 Å². The molecule has 0 bridgehead atoms. The molecule has 1 spiro atoms. The molecule has 24 heavy (non-hydrogen) atoms. The Bertz CT molecular complexity index is 750. The number of fused-ring (bicyclic) bond motifs is 2. The summed E-state index contributed by atoms with van der Waals surface area (Å²) in [5.74, 6) is 0.321. The summed E-state index contributed by atoms with van der Waals surface area (Å²) in [5.41, 5.74) is 0.419. The number of amides is 2. The van der Waals surface area contributed by atoms with Crippen LogP contribution in [0.3, 0.4) is 0 Å². The molecule has 0 aliphatic carbocycles. The van der Waals surface area contributed by atoms with Crippen molar-refractivity contribution in [1.82, 2.24) is 4.90 Å². The van der Waals surface area contributed by atoms with Crippen LogP contribution in [0.25, 0.3) is 0 Å². The second-order valence-electron chi connectivity index (χ2n) is 5.93. The van der Waals surface area contributed by atoms with Crippen LogP contribution in [0.5, 0.6) is 5.75 Å². The average molecular weight is 350 g/mol. The molecule has 1 N–H and O–H groups in total. The van der Waals surface area contributed by atoms with E-state index in [4.69, 9.17) is 26.7 Å². The Hall–Kier alpha value is -2.46. The zero-order valence-electron chi connectivity index (χ0n) is 13.1. The molecule has 0 radical (unpaired) electrons. The molecule has 2 heterocycles. The van der Waals surface area contributed by atoms with E-state index >= 15 is 0 Å². The van der Waals surface area contributed by atoms with Gasteiger partial charge in [0.25, 0.3) is 0 Å². The number of likely N-dealkylation sites (N-methyl/N-ethyl adjacent to an activating group) is 1. The molecule has 1 aromatic rings. The first kappa shape index (κ1) is 16.4. The Kier molecular flexibility index (Phi) is 4.01. The summed E-state index contributed by atoms with van der Waals surface area (Å²) < 4.78 is 5.45. The van der Waals surface area contributed by atoms with Gasteiger partial charge in [-0.25, -0.2) is 4.79 Å². The van der Waals surface area contributed by atoms with Crippen molar-refractivity contribution < 1.29 is 19.4 Å². The van der Waals surface area contributed by atoms with Gasteiger partial charge in [0.2, 0.25) is 5.91 Å². The monoisotopic (exact) mass is 349 g/mol. The number of carbonyl (C=O) groups excluding carboxylic acids is 1. The lowest BCUT2D eigenvalue weighted by atomic mass is 9.73. The number of benzene rings is 1. The largest absolute Gasteiger partial charge is 0.477 e. The van der Waals surface area contributed by atoms with E-state index in [0.29, 0.717) is 34.9 Å². The third kappa shape index (κ3) is 2.26. The first-order valence-corrected chi connectivity index (χ1v) is 7.89. The number of anilines is 1. The molecular formula is C16H16ClN3O4. The van der Waals surface area contributed by atoms with Crippen LogP contribution in [0, 0.1) is 11.3 Å². The van der Waals surface area contributed by atoms with Gasteiger partial charge in [-0.15, -0.1) is 0 Å². The fourth-order valence-corrected chi connectivity index (χ4v) is 3.97. The summed E-state index contributed by atoms with van der Waals surface area (Å²) in [5, 5.41) is 18.3. The van der Waals surface area contributed by atoms with Gasteiger partial charge < -0.3 is 19.6 Å². The molecule has 2 aliphatic heterocycles. The molecule has 7 nitrogen and oxygen atoms in total. The molecule has 0 unspecified atom stereocenters. The third-order valence-corrected chi connectivity index (χ3v) is 5.11. The number of halogens is 1. The van der Waals surface area contributed by atoms with E-state index in [0.717, 1.165) is 0 Å². The van der Waals surface area contributed by atoms with Crippen LogP contribution < -0.4 is 9.64 Å². The van der Waals surface area contributed by atoms with Gasteiger partial charge in [0.1, 0.15) is 11.8 Å². The number of piperidine rings is 1. The van der Waals surface area contributed by atoms with Crippen LogP contribution in [-0.2, 0) is 10.2 Å². The quantitative estimate of drug-likeness (QED) is 0.883. The molecule has 2 aliphatic rings. The first-order chi connectivity index (χ1) is 11.4. The predicted molar refractivity (Wildman–Crippen MR) is 86.5 cm³/mol. The number of hydrogen-bond acceptors (Lipinski definition) is 4. The highest BCUT2D eigenvalue weighted by molar-refractivity contribution is 6.33. The minimum Gasteiger partial charge on any atom is -0.477 e. The molecule has 0 aromatic heterocycles. The van der Waals surface area contributed by atoms with Crippen molar-refractivity contribution in [1.29, 1.82) is 5.26 Å². The molecule has 1 fully saturated rings. The summed E-state index contributed by atoms with van der Waals surface area (Å²) in [6.45, 7) is 0.415. The van der Waals surface area contributed by atoms with Gasteiger partial charge >= 0.3 is 6.09 Å². The molecule has 1 aromatic carbocycles. The standard InChI is InChI=1S/C16H16ClN3O4/c1-19-13-11(24-9-6-18)3-2-10(17)12(13)16(14(19)21)4-7-20(8-5-16)15(22)23/h2-3H,4-5,7-9H2,1H3,(H,22,23). The highest BCUT2D eigenvalue weighted by atomic mass is 35.5. The van der Waals surface area contributed by atoms with Crippen LogP contribution >= 0.6 is 11.6 Å². The SMILES string of the molecule is CN1C(=O)C2(CCN(C(=O)O)CC2)c2c(Cl)ccc(OCC#N)c21. The Balaban J connectivity index is 2.06. The lowest BCUT2D eigenvalue weighted by Gasteiger charge is -2.37. The Morgan fingerprint density at radius 1 is 1.46 bits per heavy atom. The van der Waals surface area contributed by atoms with E-state index in [1.165, 1.54) is 9.80 Å². The smallest absolute Gasteiger partial charge is 0.407 e. The topological polar surface area (TPSA) is 93.9 Å². The summed E-state index contributed by atoms with van der Waals surface area (Å²) >= 11 is 6.40. The van der Waals surface area contributed by atoms with Crippen molar-refractivity contribution >= 4 is 29.3 Å². The zero-order chi connectivity index (χ0) is 17.5. The fraction of sp³-hybridized carbons (Fsp3) is 0.438. The average Bonchev–Trinajstić information content (AvgIpc) is 2.78. The van der Waals surface area contributed by atoms with Crippen molar-refractivity contribution in [2.45, 2.75) is 18.3 Å². The fourth-order valence-electron chi connectivity index (χ4n) is 3.64. The number of carbonyl (C=O) groups is 2. The number of likely N-dealkylation sites (tertiary alicyclic amines) is 1. The maximum atomic E-state index is 13.0. The minimum atomic E-state index is -0.985. The van der Waals surface area contributed by atoms with Crippen LogP contribution in [0.4, 0.5) is 10.5 Å². The van der Waals surface area contributed by atoms with Crippen molar-refractivity contribution in [3.8, 4) is 11.8 Å². The lowest BCUT2D eigenvalue weighted by molar-refractivity contribution is -0.124. The molecule has 2 amide bonds. The van der Waals surface area contributed by atoms with E-state index in [1.54, 1.807) is 19.2 Å². The Labute approximate surface area is 144 Å². The third-order valence-electron chi connectivity index (χ3n) is 4.80. The molecule has 8 heteroatoms. The number of ether oxygens (including phenoxy) is 1. The normalized spacial score (nSPS) is 18.5. The van der Waals surface area contributed by atoms with Crippen molar-refractivity contribution in [2.24, 2.45) is 0 Å². The predicted octanol–water partition coefficient (Wildman–Crippen LogP) is 2.23. The molecule has 0 atom stereocenters. The van der Waals surface area contributed by atoms with Crippen LogP contribution in [0.15, 0.2) is 12.1 Å².